The Bertz CT molecular complexity index is 474. The molecule has 7 heteroatoms. The maximum absolute atomic E-state index is 11.4. The van der Waals surface area contributed by atoms with E-state index in [1.165, 1.54) is 26.4 Å². The van der Waals surface area contributed by atoms with Gasteiger partial charge in [0.2, 0.25) is 0 Å². The van der Waals surface area contributed by atoms with Crippen LogP contribution in [0.4, 0.5) is 0 Å². The minimum atomic E-state index is -0.598. The lowest BCUT2D eigenvalue weighted by Gasteiger charge is -2.10. The van der Waals surface area contributed by atoms with Gasteiger partial charge in [-0.05, 0) is 12.1 Å². The predicted octanol–water partition coefficient (Wildman–Crippen LogP) is 1.23. The van der Waals surface area contributed by atoms with Crippen LogP contribution >= 0.6 is 11.6 Å². The molecule has 0 aliphatic heterocycles. The number of benzene rings is 1. The van der Waals surface area contributed by atoms with Crippen LogP contribution in [-0.2, 0) is 4.74 Å². The Morgan fingerprint density at radius 1 is 1.41 bits per heavy atom. The first-order valence-corrected chi connectivity index (χ1v) is 4.86. The quantitative estimate of drug-likeness (QED) is 0.280. The van der Waals surface area contributed by atoms with E-state index in [-0.39, 0.29) is 27.7 Å². The number of carbonyl (C=O) groups is 1. The van der Waals surface area contributed by atoms with Crippen LogP contribution in [-0.4, -0.2) is 31.2 Å². The molecule has 92 valence electrons. The monoisotopic (exact) mass is 258 g/mol. The van der Waals surface area contributed by atoms with Gasteiger partial charge >= 0.3 is 5.97 Å². The van der Waals surface area contributed by atoms with Crippen LogP contribution in [0.3, 0.4) is 0 Å². The fraction of sp³-hybridized carbons (Fsp3) is 0.200. The van der Waals surface area contributed by atoms with Crippen LogP contribution in [0, 0.1) is 0 Å². The minimum Gasteiger partial charge on any atom is -0.496 e. The van der Waals surface area contributed by atoms with Gasteiger partial charge in [0.1, 0.15) is 5.75 Å². The molecular weight excluding hydrogens is 248 g/mol. The zero-order valence-corrected chi connectivity index (χ0v) is 9.99. The topological polar surface area (TPSA) is 94.1 Å². The molecule has 0 aliphatic rings. The average molecular weight is 259 g/mol. The third-order valence-electron chi connectivity index (χ3n) is 2.08. The van der Waals surface area contributed by atoms with Crippen molar-refractivity contribution in [2.45, 2.75) is 0 Å². The van der Waals surface area contributed by atoms with E-state index in [0.717, 1.165) is 0 Å². The highest BCUT2D eigenvalue weighted by Crippen LogP contribution is 2.27. The van der Waals surface area contributed by atoms with Crippen molar-refractivity contribution < 1.29 is 19.5 Å². The highest BCUT2D eigenvalue weighted by molar-refractivity contribution is 6.34. The van der Waals surface area contributed by atoms with Gasteiger partial charge in [-0.15, -0.1) is 0 Å². The molecule has 1 rings (SSSR count). The maximum atomic E-state index is 11.4. The third kappa shape index (κ3) is 2.59. The molecular formula is C10H11ClN2O4. The molecule has 17 heavy (non-hydrogen) atoms. The molecule has 0 bridgehead atoms. The number of oxime groups is 1. The SMILES string of the molecule is COC(=O)c1cc(OC)c(C(N)=NO)cc1Cl. The molecule has 0 amide bonds. The van der Waals surface area contributed by atoms with Crippen LogP contribution in [0.2, 0.25) is 5.02 Å². The Morgan fingerprint density at radius 2 is 2.06 bits per heavy atom. The maximum Gasteiger partial charge on any atom is 0.339 e. The number of amidine groups is 1. The summed E-state index contributed by atoms with van der Waals surface area (Å²) in [7, 11) is 2.63. The summed E-state index contributed by atoms with van der Waals surface area (Å²) in [5.41, 5.74) is 5.87. The first-order valence-electron chi connectivity index (χ1n) is 4.48. The highest BCUT2D eigenvalue weighted by Gasteiger charge is 2.17. The molecule has 0 saturated heterocycles. The van der Waals surface area contributed by atoms with E-state index in [1.807, 2.05) is 0 Å². The van der Waals surface area contributed by atoms with Gasteiger partial charge < -0.3 is 20.4 Å². The summed E-state index contributed by atoms with van der Waals surface area (Å²) < 4.78 is 9.57. The Balaban J connectivity index is 3.39. The number of carbonyl (C=O) groups excluding carboxylic acids is 1. The highest BCUT2D eigenvalue weighted by atomic mass is 35.5. The van der Waals surface area contributed by atoms with E-state index in [1.54, 1.807) is 0 Å². The summed E-state index contributed by atoms with van der Waals surface area (Å²) in [6, 6.07) is 2.73. The average Bonchev–Trinajstić information content (AvgIpc) is 2.36. The lowest BCUT2D eigenvalue weighted by atomic mass is 10.1. The normalized spacial score (nSPS) is 11.1. The number of rotatable bonds is 3. The number of esters is 1. The zero-order chi connectivity index (χ0) is 13.0. The number of halogens is 1. The van der Waals surface area contributed by atoms with Gasteiger partial charge in [-0.25, -0.2) is 4.79 Å². The number of hydrogen-bond acceptors (Lipinski definition) is 5. The number of nitrogens with two attached hydrogens (primary N) is 1. The van der Waals surface area contributed by atoms with Crippen molar-refractivity contribution in [2.24, 2.45) is 10.9 Å². The van der Waals surface area contributed by atoms with Gasteiger partial charge in [0.15, 0.2) is 5.84 Å². The molecule has 0 atom stereocenters. The second kappa shape index (κ2) is 5.40. The smallest absolute Gasteiger partial charge is 0.339 e. The Labute approximate surface area is 103 Å². The van der Waals surface area contributed by atoms with Gasteiger partial charge in [-0.2, -0.15) is 0 Å². The number of ether oxygens (including phenoxy) is 2. The predicted molar refractivity (Wildman–Crippen MR) is 61.9 cm³/mol. The molecule has 6 nitrogen and oxygen atoms in total. The summed E-state index contributed by atoms with van der Waals surface area (Å²) in [5, 5.41) is 11.6. The van der Waals surface area contributed by atoms with Gasteiger partial charge in [-0.3, -0.25) is 0 Å². The second-order valence-corrected chi connectivity index (χ2v) is 3.42. The number of nitrogens with zero attached hydrogens (tertiary/aromatic N) is 1. The molecule has 0 aromatic heterocycles. The van der Waals surface area contributed by atoms with E-state index in [2.05, 4.69) is 9.89 Å². The third-order valence-corrected chi connectivity index (χ3v) is 2.39. The summed E-state index contributed by atoms with van der Waals surface area (Å²) in [6.07, 6.45) is 0. The minimum absolute atomic E-state index is 0.124. The van der Waals surface area contributed by atoms with Crippen molar-refractivity contribution in [1.82, 2.24) is 0 Å². The first-order chi connectivity index (χ1) is 8.04. The van der Waals surface area contributed by atoms with Crippen molar-refractivity contribution >= 4 is 23.4 Å². The number of hydrogen-bond donors (Lipinski definition) is 2. The van der Waals surface area contributed by atoms with Gasteiger partial charge in [0, 0.05) is 0 Å². The Kier molecular flexibility index (Phi) is 4.17. The molecule has 3 N–H and O–H groups in total. The standard InChI is InChI=1S/C10H11ClN2O4/c1-16-8-4-5(10(14)17-2)7(11)3-6(8)9(12)13-15/h3-4,15H,1-2H3,(H2,12,13). The van der Waals surface area contributed by atoms with Crippen molar-refractivity contribution in [3.05, 3.63) is 28.3 Å². The number of methoxy groups -OCH3 is 2. The van der Waals surface area contributed by atoms with Crippen LogP contribution in [0.1, 0.15) is 15.9 Å². The fourth-order valence-electron chi connectivity index (χ4n) is 1.24. The van der Waals surface area contributed by atoms with E-state index in [4.69, 9.17) is 27.3 Å². The Morgan fingerprint density at radius 3 is 2.53 bits per heavy atom. The molecule has 0 fully saturated rings. The van der Waals surface area contributed by atoms with Crippen LogP contribution in [0.5, 0.6) is 5.75 Å². The molecule has 1 aromatic carbocycles. The second-order valence-electron chi connectivity index (χ2n) is 3.01. The van der Waals surface area contributed by atoms with Crippen molar-refractivity contribution in [1.29, 1.82) is 0 Å². The first kappa shape index (κ1) is 13.1. The van der Waals surface area contributed by atoms with Gasteiger partial charge in [-0.1, -0.05) is 16.8 Å². The van der Waals surface area contributed by atoms with Gasteiger partial charge in [0.25, 0.3) is 0 Å². The summed E-state index contributed by atoms with van der Waals surface area (Å²) >= 11 is 5.88. The van der Waals surface area contributed by atoms with Crippen LogP contribution in [0.15, 0.2) is 17.3 Å². The van der Waals surface area contributed by atoms with Gasteiger partial charge in [0.05, 0.1) is 30.4 Å². The van der Waals surface area contributed by atoms with Crippen molar-refractivity contribution in [3.63, 3.8) is 0 Å². The summed E-state index contributed by atoms with van der Waals surface area (Å²) in [5.74, 6) is -0.510. The molecule has 0 unspecified atom stereocenters. The molecule has 0 radical (unpaired) electrons. The van der Waals surface area contributed by atoms with E-state index in [0.29, 0.717) is 0 Å². The van der Waals surface area contributed by atoms with E-state index in [9.17, 15) is 4.79 Å². The fourth-order valence-corrected chi connectivity index (χ4v) is 1.48. The lowest BCUT2D eigenvalue weighted by molar-refractivity contribution is 0.0600. The summed E-state index contributed by atoms with van der Waals surface area (Å²) in [4.78, 5) is 11.4. The molecule has 0 saturated carbocycles. The summed E-state index contributed by atoms with van der Waals surface area (Å²) in [6.45, 7) is 0. The molecule has 0 spiro atoms. The Hall–Kier alpha value is -1.95. The molecule has 0 aliphatic carbocycles. The lowest BCUT2D eigenvalue weighted by Crippen LogP contribution is -2.15. The zero-order valence-electron chi connectivity index (χ0n) is 9.23. The van der Waals surface area contributed by atoms with E-state index >= 15 is 0 Å². The van der Waals surface area contributed by atoms with Crippen molar-refractivity contribution in [2.75, 3.05) is 14.2 Å². The van der Waals surface area contributed by atoms with Crippen LogP contribution < -0.4 is 10.5 Å². The van der Waals surface area contributed by atoms with Crippen molar-refractivity contribution in [3.8, 4) is 5.75 Å². The largest absolute Gasteiger partial charge is 0.496 e. The van der Waals surface area contributed by atoms with E-state index < -0.39 is 5.97 Å². The van der Waals surface area contributed by atoms with Crippen LogP contribution in [0.25, 0.3) is 0 Å². The molecule has 1 aromatic rings. The molecule has 0 heterocycles.